The largest absolute Gasteiger partial charge is 0.268 e. The van der Waals surface area contributed by atoms with Crippen molar-refractivity contribution in [2.24, 2.45) is 0 Å². The molecule has 0 bridgehead atoms. The van der Waals surface area contributed by atoms with Crippen molar-refractivity contribution in [1.82, 2.24) is 20.2 Å². The summed E-state index contributed by atoms with van der Waals surface area (Å²) in [6, 6.07) is 10.5. The lowest BCUT2D eigenvalue weighted by atomic mass is 10.1. The Balaban J connectivity index is 1.89. The molecule has 7 nitrogen and oxygen atoms in total. The van der Waals surface area contributed by atoms with Gasteiger partial charge in [-0.1, -0.05) is 12.1 Å². The van der Waals surface area contributed by atoms with Crippen LogP contribution in [0.25, 0.3) is 5.69 Å². The number of aromatic nitrogens is 4. The van der Waals surface area contributed by atoms with E-state index >= 15 is 0 Å². The first-order chi connectivity index (χ1) is 11.6. The van der Waals surface area contributed by atoms with Gasteiger partial charge in [-0.2, -0.15) is 0 Å². The number of aryl methyl sites for hydroxylation is 1. The van der Waals surface area contributed by atoms with Gasteiger partial charge in [0, 0.05) is 0 Å². The molecule has 0 aliphatic carbocycles. The second kappa shape index (κ2) is 5.09. The first-order valence-corrected chi connectivity index (χ1v) is 7.40. The monoisotopic (exact) mass is 319 g/mol. The summed E-state index contributed by atoms with van der Waals surface area (Å²) < 4.78 is 1.49. The zero-order valence-electron chi connectivity index (χ0n) is 13.1. The number of hydrogen-bond donors (Lipinski definition) is 0. The molecule has 0 N–H and O–H groups in total. The van der Waals surface area contributed by atoms with Gasteiger partial charge >= 0.3 is 0 Å². The highest BCUT2D eigenvalue weighted by Crippen LogP contribution is 2.33. The first-order valence-electron chi connectivity index (χ1n) is 7.40. The SMILES string of the molecule is Cc1cc(-n2cnnn2)cc(N2C(=O)c3ccccc3C2=O)c1C. The van der Waals surface area contributed by atoms with Gasteiger partial charge < -0.3 is 0 Å². The van der Waals surface area contributed by atoms with Gasteiger partial charge in [-0.3, -0.25) is 9.59 Å². The van der Waals surface area contributed by atoms with Crippen LogP contribution in [0, 0.1) is 13.8 Å². The van der Waals surface area contributed by atoms with Crippen LogP contribution >= 0.6 is 0 Å². The van der Waals surface area contributed by atoms with Gasteiger partial charge in [0.25, 0.3) is 11.8 Å². The first kappa shape index (κ1) is 14.3. The summed E-state index contributed by atoms with van der Waals surface area (Å²) in [4.78, 5) is 26.7. The van der Waals surface area contributed by atoms with E-state index < -0.39 is 0 Å². The lowest BCUT2D eigenvalue weighted by molar-refractivity contribution is 0.0926. The van der Waals surface area contributed by atoms with Crippen LogP contribution in [-0.2, 0) is 0 Å². The number of tetrazole rings is 1. The van der Waals surface area contributed by atoms with E-state index in [0.717, 1.165) is 11.1 Å². The predicted octanol–water partition coefficient (Wildman–Crippen LogP) is 2.08. The number of anilines is 1. The van der Waals surface area contributed by atoms with Gasteiger partial charge in [0.05, 0.1) is 22.5 Å². The van der Waals surface area contributed by atoms with E-state index in [2.05, 4.69) is 15.5 Å². The molecule has 0 unspecified atom stereocenters. The Labute approximate surface area is 137 Å². The van der Waals surface area contributed by atoms with Crippen molar-refractivity contribution in [2.75, 3.05) is 4.90 Å². The molecule has 2 aromatic carbocycles. The van der Waals surface area contributed by atoms with E-state index in [1.54, 1.807) is 30.3 Å². The molecule has 7 heteroatoms. The Hall–Kier alpha value is -3.35. The van der Waals surface area contributed by atoms with E-state index in [1.807, 2.05) is 19.9 Å². The minimum atomic E-state index is -0.313. The molecule has 0 radical (unpaired) electrons. The lowest BCUT2D eigenvalue weighted by Crippen LogP contribution is -2.30. The van der Waals surface area contributed by atoms with Crippen LogP contribution < -0.4 is 4.90 Å². The molecule has 1 aliphatic heterocycles. The minimum absolute atomic E-state index is 0.313. The number of hydrogen-bond acceptors (Lipinski definition) is 5. The molecule has 0 saturated heterocycles. The number of fused-ring (bicyclic) bond motifs is 1. The summed E-state index contributed by atoms with van der Waals surface area (Å²) in [6.45, 7) is 3.81. The standard InChI is InChI=1S/C17H13N5O2/c1-10-7-12(21-9-18-19-20-21)8-15(11(10)2)22-16(23)13-5-3-4-6-14(13)17(22)24/h3-9H,1-2H3. The molecule has 3 aromatic rings. The third-order valence-corrected chi connectivity index (χ3v) is 4.27. The maximum atomic E-state index is 12.7. The van der Waals surface area contributed by atoms with Gasteiger partial charge in [0.1, 0.15) is 6.33 Å². The summed E-state index contributed by atoms with van der Waals surface area (Å²) in [7, 11) is 0. The Morgan fingerprint density at radius 1 is 0.958 bits per heavy atom. The molecular formula is C17H13N5O2. The van der Waals surface area contributed by atoms with E-state index in [4.69, 9.17) is 0 Å². The van der Waals surface area contributed by atoms with Gasteiger partial charge in [0.2, 0.25) is 0 Å². The van der Waals surface area contributed by atoms with Crippen molar-refractivity contribution in [1.29, 1.82) is 0 Å². The second-order valence-corrected chi connectivity index (χ2v) is 5.65. The molecule has 2 amide bonds. The molecule has 0 saturated carbocycles. The van der Waals surface area contributed by atoms with Crippen molar-refractivity contribution < 1.29 is 9.59 Å². The maximum absolute atomic E-state index is 12.7. The fourth-order valence-electron chi connectivity index (χ4n) is 2.87. The van der Waals surface area contributed by atoms with Crippen LogP contribution in [0.3, 0.4) is 0 Å². The number of benzene rings is 2. The number of carbonyl (C=O) groups is 2. The molecule has 0 spiro atoms. The zero-order chi connectivity index (χ0) is 16.8. The molecule has 24 heavy (non-hydrogen) atoms. The Morgan fingerprint density at radius 2 is 1.62 bits per heavy atom. The van der Waals surface area contributed by atoms with Crippen LogP contribution in [0.15, 0.2) is 42.7 Å². The topological polar surface area (TPSA) is 81.0 Å². The number of nitrogens with zero attached hydrogens (tertiary/aromatic N) is 5. The molecule has 2 heterocycles. The van der Waals surface area contributed by atoms with Crippen molar-refractivity contribution >= 4 is 17.5 Å². The third-order valence-electron chi connectivity index (χ3n) is 4.27. The predicted molar refractivity (Wildman–Crippen MR) is 86.2 cm³/mol. The Morgan fingerprint density at radius 3 is 2.21 bits per heavy atom. The van der Waals surface area contributed by atoms with Gasteiger partial charge in [-0.25, -0.2) is 9.58 Å². The molecule has 1 aliphatic rings. The number of rotatable bonds is 2. The zero-order valence-corrected chi connectivity index (χ0v) is 13.1. The summed E-state index contributed by atoms with van der Waals surface area (Å²) in [5.41, 5.74) is 3.89. The fraction of sp³-hybridized carbons (Fsp3) is 0.118. The maximum Gasteiger partial charge on any atom is 0.266 e. The van der Waals surface area contributed by atoms with Gasteiger partial charge in [-0.15, -0.1) is 5.10 Å². The minimum Gasteiger partial charge on any atom is -0.268 e. The second-order valence-electron chi connectivity index (χ2n) is 5.65. The normalized spacial score (nSPS) is 13.5. The average Bonchev–Trinajstić information content (AvgIpc) is 3.20. The number of carbonyl (C=O) groups excluding carboxylic acids is 2. The van der Waals surface area contributed by atoms with E-state index in [9.17, 15) is 9.59 Å². The number of amides is 2. The van der Waals surface area contributed by atoms with Crippen LogP contribution in [0.1, 0.15) is 31.8 Å². The quantitative estimate of drug-likeness (QED) is 0.676. The van der Waals surface area contributed by atoms with Crippen molar-refractivity contribution in [3.63, 3.8) is 0 Å². The van der Waals surface area contributed by atoms with Crippen LogP contribution in [0.2, 0.25) is 0 Å². The lowest BCUT2D eigenvalue weighted by Gasteiger charge is -2.19. The average molecular weight is 319 g/mol. The molecule has 118 valence electrons. The van der Waals surface area contributed by atoms with Crippen molar-refractivity contribution in [2.45, 2.75) is 13.8 Å². The highest BCUT2D eigenvalue weighted by atomic mass is 16.2. The Bertz CT molecular complexity index is 944. The van der Waals surface area contributed by atoms with E-state index in [0.29, 0.717) is 22.5 Å². The smallest absolute Gasteiger partial charge is 0.266 e. The highest BCUT2D eigenvalue weighted by Gasteiger charge is 2.37. The van der Waals surface area contributed by atoms with Gasteiger partial charge in [0.15, 0.2) is 0 Å². The summed E-state index contributed by atoms with van der Waals surface area (Å²) >= 11 is 0. The van der Waals surface area contributed by atoms with E-state index in [-0.39, 0.29) is 11.8 Å². The summed E-state index contributed by atoms with van der Waals surface area (Å²) in [5, 5.41) is 11.1. The molecule has 1 aromatic heterocycles. The summed E-state index contributed by atoms with van der Waals surface area (Å²) in [6.07, 6.45) is 1.47. The molecular weight excluding hydrogens is 306 g/mol. The summed E-state index contributed by atoms with van der Waals surface area (Å²) in [5.74, 6) is -0.626. The van der Waals surface area contributed by atoms with Crippen LogP contribution in [-0.4, -0.2) is 32.0 Å². The molecule has 4 rings (SSSR count). The third kappa shape index (κ3) is 1.95. The van der Waals surface area contributed by atoms with Gasteiger partial charge in [-0.05, 0) is 59.7 Å². The van der Waals surface area contributed by atoms with Crippen molar-refractivity contribution in [3.8, 4) is 5.69 Å². The molecule has 0 atom stereocenters. The number of imide groups is 1. The van der Waals surface area contributed by atoms with Crippen LogP contribution in [0.5, 0.6) is 0 Å². The highest BCUT2D eigenvalue weighted by molar-refractivity contribution is 6.34. The van der Waals surface area contributed by atoms with E-state index in [1.165, 1.54) is 15.9 Å². The molecule has 0 fully saturated rings. The van der Waals surface area contributed by atoms with Crippen LogP contribution in [0.4, 0.5) is 5.69 Å². The fourth-order valence-corrected chi connectivity index (χ4v) is 2.87. The Kier molecular flexibility index (Phi) is 3.02. The van der Waals surface area contributed by atoms with Crippen molar-refractivity contribution in [3.05, 3.63) is 65.0 Å².